The number of Topliss-reactive ketones (excluding diaryl/α,β-unsaturated/α-hetero) is 2. The Kier molecular flexibility index (Phi) is 11.5. The molecule has 2 atom stereocenters. The van der Waals surface area contributed by atoms with Crippen molar-refractivity contribution >= 4 is 21.5 Å². The summed E-state index contributed by atoms with van der Waals surface area (Å²) in [6, 6.07) is 0. The van der Waals surface area contributed by atoms with Crippen molar-refractivity contribution in [1.29, 1.82) is 0 Å². The fraction of sp³-hybridized carbons (Fsp3) is 0.750. The van der Waals surface area contributed by atoms with Crippen LogP contribution in [0.2, 0.25) is 0 Å². The molecule has 0 spiro atoms. The van der Waals surface area contributed by atoms with Crippen molar-refractivity contribution in [2.24, 2.45) is 11.3 Å². The number of hydrogen-bond donors (Lipinski definition) is 0. The van der Waals surface area contributed by atoms with Crippen LogP contribution < -0.4 is 53.5 Å². The van der Waals surface area contributed by atoms with Crippen LogP contribution in [0.5, 0.6) is 0 Å². The van der Waals surface area contributed by atoms with E-state index in [0.717, 1.165) is 30.8 Å². The van der Waals surface area contributed by atoms with Gasteiger partial charge in [0.05, 0.1) is 9.93 Å². The first-order valence-corrected chi connectivity index (χ1v) is 9.95. The SMILES string of the molecule is CC12CC1CCC2=O.CC1=CCCC1=O.C[S+](C)(C)=O.[H-].[I-].[Na+]. The number of carbonyl (C=O) groups is 2. The first-order chi connectivity index (χ1) is 9.04. The number of halogens is 1. The van der Waals surface area contributed by atoms with E-state index in [0.29, 0.717) is 11.6 Å². The van der Waals surface area contributed by atoms with E-state index in [4.69, 9.17) is 0 Å². The maximum absolute atomic E-state index is 10.9. The Bertz CT molecular complexity index is 479. The number of fused-ring (bicyclic) bond motifs is 1. The first-order valence-electron chi connectivity index (χ1n) is 7.16. The van der Waals surface area contributed by atoms with Crippen LogP contribution in [0.3, 0.4) is 0 Å². The molecule has 0 aromatic carbocycles. The monoisotopic (exact) mass is 450 g/mol. The molecule has 3 rings (SSSR count). The molecule has 2 saturated carbocycles. The number of ketones is 2. The second kappa shape index (κ2) is 10.1. The molecule has 2 fully saturated rings. The van der Waals surface area contributed by atoms with E-state index >= 15 is 0 Å². The predicted molar refractivity (Wildman–Crippen MR) is 85.4 cm³/mol. The molecule has 124 valence electrons. The molecule has 0 aromatic heterocycles. The van der Waals surface area contributed by atoms with Crippen LogP contribution in [0, 0.1) is 11.3 Å². The summed E-state index contributed by atoms with van der Waals surface area (Å²) in [5.41, 5.74) is 1.13. The van der Waals surface area contributed by atoms with Gasteiger partial charge in [-0.1, -0.05) is 13.0 Å². The third-order valence-electron chi connectivity index (χ3n) is 4.03. The van der Waals surface area contributed by atoms with E-state index in [1.807, 2.05) is 13.0 Å². The van der Waals surface area contributed by atoms with Crippen molar-refractivity contribution in [2.75, 3.05) is 18.8 Å². The summed E-state index contributed by atoms with van der Waals surface area (Å²) in [4.78, 5) is 21.4. The van der Waals surface area contributed by atoms with E-state index < -0.39 is 9.93 Å². The Morgan fingerprint density at radius 3 is 1.82 bits per heavy atom. The van der Waals surface area contributed by atoms with Gasteiger partial charge in [-0.25, -0.2) is 0 Å². The van der Waals surface area contributed by atoms with Gasteiger partial charge in [0.2, 0.25) is 0 Å². The van der Waals surface area contributed by atoms with Crippen LogP contribution >= 0.6 is 0 Å². The third kappa shape index (κ3) is 8.71. The number of carbonyl (C=O) groups excluding carboxylic acids is 2. The van der Waals surface area contributed by atoms with Gasteiger partial charge in [-0.2, -0.15) is 0 Å². The molecule has 0 aromatic rings. The fourth-order valence-electron chi connectivity index (χ4n) is 2.54. The molecule has 0 amide bonds. The number of hydrogen-bond acceptors (Lipinski definition) is 3. The van der Waals surface area contributed by atoms with E-state index in [1.54, 1.807) is 18.8 Å². The standard InChI is InChI=1S/C7H10O.C6H8O.C3H9OS.HI.Na.H/c1-7-4-5(7)2-3-6(7)8;1-5-3-2-4-6(5)7;1-5(2,3)4;;;/h5H,2-4H2,1H3;3H,2,4H2,1H3;1-3H3;1H;;/q;;+1;;+1;-1/p-1. The molecule has 0 bridgehead atoms. The molecule has 0 radical (unpaired) electrons. The van der Waals surface area contributed by atoms with Crippen molar-refractivity contribution in [3.63, 3.8) is 0 Å². The van der Waals surface area contributed by atoms with Crippen LogP contribution in [0.1, 0.15) is 47.4 Å². The van der Waals surface area contributed by atoms with Crippen molar-refractivity contribution < 1.29 is 68.8 Å². The second-order valence-electron chi connectivity index (χ2n) is 6.85. The first kappa shape index (κ1) is 25.2. The van der Waals surface area contributed by atoms with Gasteiger partial charge in [-0.05, 0) is 37.7 Å². The normalized spacial score (nSPS) is 27.9. The summed E-state index contributed by atoms with van der Waals surface area (Å²) in [6.07, 6.45) is 12.1. The molecule has 3 aliphatic rings. The zero-order valence-corrected chi connectivity index (χ0v) is 19.7. The summed E-state index contributed by atoms with van der Waals surface area (Å²) in [5.74, 6) is 1.62. The quantitative estimate of drug-likeness (QED) is 0.227. The van der Waals surface area contributed by atoms with Gasteiger partial charge in [0.25, 0.3) is 0 Å². The zero-order chi connectivity index (χ0) is 15.6. The average Bonchev–Trinajstić information content (AvgIpc) is 2.70. The molecular weight excluding hydrogens is 422 g/mol. The van der Waals surface area contributed by atoms with Crippen molar-refractivity contribution in [3.05, 3.63) is 11.6 Å². The maximum atomic E-state index is 10.9. The van der Waals surface area contributed by atoms with Gasteiger partial charge in [0, 0.05) is 18.3 Å². The summed E-state index contributed by atoms with van der Waals surface area (Å²) in [5, 5.41) is 0. The summed E-state index contributed by atoms with van der Waals surface area (Å²) < 4.78 is 10.2. The van der Waals surface area contributed by atoms with Gasteiger partial charge in [0.1, 0.15) is 24.6 Å². The molecule has 0 aliphatic heterocycles. The topological polar surface area (TPSA) is 51.2 Å². The second-order valence-corrected chi connectivity index (χ2v) is 10.3. The van der Waals surface area contributed by atoms with Gasteiger partial charge in [-0.15, -0.1) is 4.21 Å². The molecular formula is C16H28INaO3S. The molecule has 6 heteroatoms. The van der Waals surface area contributed by atoms with Gasteiger partial charge >= 0.3 is 29.6 Å². The average molecular weight is 450 g/mol. The molecule has 0 heterocycles. The fourth-order valence-corrected chi connectivity index (χ4v) is 2.54. The third-order valence-corrected chi connectivity index (χ3v) is 4.03. The number of allylic oxidation sites excluding steroid dienone is 2. The van der Waals surface area contributed by atoms with Crippen LogP contribution in [0.25, 0.3) is 0 Å². The predicted octanol–water partition coefficient (Wildman–Crippen LogP) is -2.83. The van der Waals surface area contributed by atoms with E-state index in [9.17, 15) is 13.8 Å². The Morgan fingerprint density at radius 2 is 1.73 bits per heavy atom. The van der Waals surface area contributed by atoms with Crippen LogP contribution in [0.4, 0.5) is 0 Å². The summed E-state index contributed by atoms with van der Waals surface area (Å²) >= 11 is 0. The van der Waals surface area contributed by atoms with E-state index in [2.05, 4.69) is 6.92 Å². The van der Waals surface area contributed by atoms with Gasteiger partial charge in [-0.3, -0.25) is 9.59 Å². The summed E-state index contributed by atoms with van der Waals surface area (Å²) in [7, 11) is -1.42. The zero-order valence-electron chi connectivity index (χ0n) is 15.7. The molecule has 0 N–H and O–H groups in total. The van der Waals surface area contributed by atoms with Crippen molar-refractivity contribution in [3.8, 4) is 0 Å². The van der Waals surface area contributed by atoms with Gasteiger partial charge in [0.15, 0.2) is 5.78 Å². The minimum atomic E-state index is -1.42. The van der Waals surface area contributed by atoms with Crippen LogP contribution in [-0.2, 0) is 23.7 Å². The molecule has 3 aliphatic carbocycles. The van der Waals surface area contributed by atoms with E-state index in [-0.39, 0.29) is 60.4 Å². The van der Waals surface area contributed by atoms with Crippen molar-refractivity contribution in [2.45, 2.75) is 46.0 Å². The Hall–Kier alpha value is 0.960. The molecule has 0 saturated heterocycles. The van der Waals surface area contributed by atoms with Crippen LogP contribution in [0.15, 0.2) is 11.6 Å². The Balaban J connectivity index is -0.000000252. The molecule has 22 heavy (non-hydrogen) atoms. The molecule has 3 nitrogen and oxygen atoms in total. The largest absolute Gasteiger partial charge is 1.00 e. The smallest absolute Gasteiger partial charge is 1.00 e. The Labute approximate surface area is 176 Å². The minimum Gasteiger partial charge on any atom is -1.00 e. The van der Waals surface area contributed by atoms with Crippen molar-refractivity contribution in [1.82, 2.24) is 0 Å². The maximum Gasteiger partial charge on any atom is 1.00 e. The summed E-state index contributed by atoms with van der Waals surface area (Å²) in [6.45, 7) is 3.97. The van der Waals surface area contributed by atoms with Gasteiger partial charge < -0.3 is 25.4 Å². The Morgan fingerprint density at radius 1 is 1.23 bits per heavy atom. The number of rotatable bonds is 0. The molecule has 2 unspecified atom stereocenters. The minimum absolute atomic E-state index is 0. The van der Waals surface area contributed by atoms with E-state index in [1.165, 1.54) is 12.8 Å². The van der Waals surface area contributed by atoms with Crippen LogP contribution in [-0.4, -0.2) is 30.3 Å².